The van der Waals surface area contributed by atoms with Crippen LogP contribution in [0.5, 0.6) is 0 Å². The molecule has 0 radical (unpaired) electrons. The Morgan fingerprint density at radius 1 is 1.21 bits per heavy atom. The van der Waals surface area contributed by atoms with E-state index in [9.17, 15) is 12.8 Å². The van der Waals surface area contributed by atoms with Gasteiger partial charge in [-0.15, -0.1) is 11.3 Å². The molecule has 3 aromatic rings. The summed E-state index contributed by atoms with van der Waals surface area (Å²) in [6.45, 7) is -0.373. The molecule has 4 nitrogen and oxygen atoms in total. The predicted octanol–water partition coefficient (Wildman–Crippen LogP) is 5.50. The van der Waals surface area contributed by atoms with Gasteiger partial charge >= 0.3 is 0 Å². The highest BCUT2D eigenvalue weighted by atomic mass is 35.5. The molecule has 4 rings (SSSR count). The van der Waals surface area contributed by atoms with Gasteiger partial charge in [-0.2, -0.15) is 0 Å². The molecule has 0 aliphatic heterocycles. The van der Waals surface area contributed by atoms with Crippen LogP contribution in [0.4, 0.5) is 10.1 Å². The Kier molecular flexibility index (Phi) is 4.93. The van der Waals surface area contributed by atoms with Crippen LogP contribution >= 0.6 is 22.9 Å². The largest absolute Gasteiger partial charge is 0.284 e. The number of rotatable bonds is 6. The highest BCUT2D eigenvalue weighted by molar-refractivity contribution is 7.92. The van der Waals surface area contributed by atoms with Gasteiger partial charge in [0.15, 0.2) is 0 Å². The van der Waals surface area contributed by atoms with E-state index in [2.05, 4.69) is 9.71 Å². The molecule has 1 N–H and O–H groups in total. The lowest BCUT2D eigenvalue weighted by Gasteiger charge is -2.10. The number of nitrogens with zero attached hydrogens (tertiary/aromatic N) is 1. The van der Waals surface area contributed by atoms with Crippen molar-refractivity contribution in [3.63, 3.8) is 0 Å². The summed E-state index contributed by atoms with van der Waals surface area (Å²) < 4.78 is 38.5. The second kappa shape index (κ2) is 7.13. The van der Waals surface area contributed by atoms with Crippen LogP contribution in [0.15, 0.2) is 48.0 Å². The first-order chi connectivity index (χ1) is 13.3. The maximum absolute atomic E-state index is 13.4. The van der Waals surface area contributed by atoms with Crippen LogP contribution in [-0.4, -0.2) is 26.3 Å². The molecule has 0 unspecified atom stereocenters. The van der Waals surface area contributed by atoms with Gasteiger partial charge in [0.05, 0.1) is 11.3 Å². The molecular weight excluding hydrogens is 419 g/mol. The zero-order valence-electron chi connectivity index (χ0n) is 15.1. The van der Waals surface area contributed by atoms with Crippen molar-refractivity contribution in [1.29, 1.82) is 0 Å². The fraction of sp³-hybridized carbons (Fsp3) is 0.250. The van der Waals surface area contributed by atoms with Gasteiger partial charge in [0.2, 0.25) is 10.0 Å². The summed E-state index contributed by atoms with van der Waals surface area (Å²) in [5, 5.41) is 2.49. The van der Waals surface area contributed by atoms with Gasteiger partial charge in [-0.25, -0.2) is 8.42 Å². The molecule has 1 fully saturated rings. The smallest absolute Gasteiger partial charge is 0.229 e. The van der Waals surface area contributed by atoms with Crippen LogP contribution in [0.2, 0.25) is 5.02 Å². The lowest BCUT2D eigenvalue weighted by atomic mass is 10.00. The molecule has 146 valence electrons. The molecular formula is C20H18ClFN2O2S2. The average molecular weight is 437 g/mol. The van der Waals surface area contributed by atoms with E-state index < -0.39 is 10.0 Å². The van der Waals surface area contributed by atoms with Crippen molar-refractivity contribution in [3.05, 3.63) is 58.7 Å². The number of benzene rings is 1. The fourth-order valence-electron chi connectivity index (χ4n) is 3.13. The number of hydrogen-bond acceptors (Lipinski definition) is 4. The minimum atomic E-state index is -3.36. The molecule has 28 heavy (non-hydrogen) atoms. The van der Waals surface area contributed by atoms with E-state index in [1.54, 1.807) is 35.7 Å². The zero-order chi connectivity index (χ0) is 19.9. The number of nitrogens with one attached hydrogen (secondary N) is 1. The first-order valence-corrected chi connectivity index (χ1v) is 11.8. The Labute approximate surface area is 172 Å². The lowest BCUT2D eigenvalue weighted by molar-refractivity contribution is 0.412. The third kappa shape index (κ3) is 3.92. The monoisotopic (exact) mass is 436 g/mol. The summed E-state index contributed by atoms with van der Waals surface area (Å²) >= 11 is 7.93. The predicted molar refractivity (Wildman–Crippen MR) is 113 cm³/mol. The molecule has 0 amide bonds. The van der Waals surface area contributed by atoms with Gasteiger partial charge in [0, 0.05) is 33.4 Å². The van der Waals surface area contributed by atoms with E-state index in [4.69, 9.17) is 11.6 Å². The van der Waals surface area contributed by atoms with Crippen molar-refractivity contribution in [2.75, 3.05) is 17.7 Å². The Morgan fingerprint density at radius 2 is 2.00 bits per heavy atom. The van der Waals surface area contributed by atoms with Crippen molar-refractivity contribution in [2.45, 2.75) is 18.3 Å². The maximum atomic E-state index is 13.4. The number of hydrogen-bond donors (Lipinski definition) is 1. The van der Waals surface area contributed by atoms with Gasteiger partial charge in [-0.3, -0.25) is 14.1 Å². The Hall–Kier alpha value is -1.96. The van der Waals surface area contributed by atoms with Crippen LogP contribution in [0, 0.1) is 0 Å². The number of halogens is 2. The van der Waals surface area contributed by atoms with Crippen LogP contribution < -0.4 is 4.72 Å². The van der Waals surface area contributed by atoms with Crippen LogP contribution in [0.1, 0.15) is 18.5 Å². The summed E-state index contributed by atoms with van der Waals surface area (Å²) in [6.07, 6.45) is 4.52. The van der Waals surface area contributed by atoms with Gasteiger partial charge in [0.25, 0.3) is 0 Å². The molecule has 1 saturated carbocycles. The zero-order valence-corrected chi connectivity index (χ0v) is 17.5. The SMILES string of the molecule is CS(=O)(=O)Nc1ccc(-c2cc(-c3ccnc(C4(CF)CC4)c3)cs2)c(Cl)c1. The van der Waals surface area contributed by atoms with E-state index in [-0.39, 0.29) is 12.1 Å². The molecule has 0 atom stereocenters. The minimum Gasteiger partial charge on any atom is -0.284 e. The normalized spacial score (nSPS) is 15.4. The number of pyridine rings is 1. The van der Waals surface area contributed by atoms with Crippen molar-refractivity contribution in [1.82, 2.24) is 4.98 Å². The van der Waals surface area contributed by atoms with Crippen LogP contribution in [0.25, 0.3) is 21.6 Å². The van der Waals surface area contributed by atoms with Crippen molar-refractivity contribution >= 4 is 38.6 Å². The second-order valence-corrected chi connectivity index (χ2v) is 10.2. The summed E-state index contributed by atoms with van der Waals surface area (Å²) in [6, 6.07) is 11.0. The maximum Gasteiger partial charge on any atom is 0.229 e. The molecule has 0 saturated heterocycles. The number of anilines is 1. The Bertz CT molecular complexity index is 1140. The number of sulfonamides is 1. The van der Waals surface area contributed by atoms with Gasteiger partial charge in [-0.05, 0) is 65.7 Å². The topological polar surface area (TPSA) is 59.1 Å². The first-order valence-electron chi connectivity index (χ1n) is 8.69. The molecule has 1 aromatic carbocycles. The molecule has 0 bridgehead atoms. The quantitative estimate of drug-likeness (QED) is 0.554. The van der Waals surface area contributed by atoms with Crippen LogP contribution in [0.3, 0.4) is 0 Å². The van der Waals surface area contributed by atoms with E-state index in [0.717, 1.165) is 46.4 Å². The molecule has 1 aliphatic carbocycles. The third-order valence-corrected chi connectivity index (χ3v) is 6.77. The van der Waals surface area contributed by atoms with Crippen molar-refractivity contribution in [3.8, 4) is 21.6 Å². The Morgan fingerprint density at radius 3 is 2.64 bits per heavy atom. The number of aromatic nitrogens is 1. The summed E-state index contributed by atoms with van der Waals surface area (Å²) in [5.74, 6) is 0. The van der Waals surface area contributed by atoms with Crippen molar-refractivity contribution < 1.29 is 12.8 Å². The minimum absolute atomic E-state index is 0.373. The highest BCUT2D eigenvalue weighted by Gasteiger charge is 2.45. The van der Waals surface area contributed by atoms with Gasteiger partial charge < -0.3 is 0 Å². The van der Waals surface area contributed by atoms with Gasteiger partial charge in [-0.1, -0.05) is 11.6 Å². The van der Waals surface area contributed by atoms with E-state index in [1.165, 1.54) is 0 Å². The molecule has 2 heterocycles. The van der Waals surface area contributed by atoms with E-state index in [1.807, 2.05) is 23.6 Å². The molecule has 2 aromatic heterocycles. The molecule has 0 spiro atoms. The second-order valence-electron chi connectivity index (χ2n) is 7.11. The Balaban J connectivity index is 1.63. The summed E-state index contributed by atoms with van der Waals surface area (Å²) in [4.78, 5) is 5.34. The lowest BCUT2D eigenvalue weighted by Crippen LogP contribution is -2.10. The number of thiophene rings is 1. The fourth-order valence-corrected chi connectivity index (χ4v) is 4.98. The molecule has 1 aliphatic rings. The summed E-state index contributed by atoms with van der Waals surface area (Å²) in [5.41, 5.74) is 3.70. The standard InChI is InChI=1S/C20H18ClFN2O2S2/c1-28(25,26)24-15-2-3-16(17(21)10-15)18-8-14(11-27-18)13-4-7-23-19(9-13)20(12-22)5-6-20/h2-4,7-11,24H,5-6,12H2,1H3. The number of alkyl halides is 1. The average Bonchev–Trinajstić information content (AvgIpc) is 3.30. The van der Waals surface area contributed by atoms with Gasteiger partial charge in [0.1, 0.15) is 6.67 Å². The summed E-state index contributed by atoms with van der Waals surface area (Å²) in [7, 11) is -3.36. The first kappa shape index (κ1) is 19.4. The van der Waals surface area contributed by atoms with E-state index >= 15 is 0 Å². The van der Waals surface area contributed by atoms with Crippen LogP contribution in [-0.2, 0) is 15.4 Å². The molecule has 8 heteroatoms. The highest BCUT2D eigenvalue weighted by Crippen LogP contribution is 2.48. The third-order valence-electron chi connectivity index (χ3n) is 4.88. The van der Waals surface area contributed by atoms with E-state index in [0.29, 0.717) is 10.7 Å². The van der Waals surface area contributed by atoms with Crippen molar-refractivity contribution in [2.24, 2.45) is 0 Å².